The molecule has 3 nitrogen and oxygen atoms in total. The molecule has 0 aliphatic carbocycles. The lowest BCUT2D eigenvalue weighted by Crippen LogP contribution is -2.18. The Labute approximate surface area is 122 Å². The van der Waals surface area contributed by atoms with Crippen LogP contribution in [0.2, 0.25) is 0 Å². The van der Waals surface area contributed by atoms with Crippen LogP contribution in [-0.4, -0.2) is 18.4 Å². The van der Waals surface area contributed by atoms with Gasteiger partial charge in [0, 0.05) is 12.0 Å². The number of ether oxygens (including phenoxy) is 1. The average Bonchev–Trinajstić information content (AvgIpc) is 2.36. The predicted octanol–water partition coefficient (Wildman–Crippen LogP) is 3.81. The number of hydrogen-bond donors (Lipinski definition) is 1. The van der Waals surface area contributed by atoms with E-state index in [2.05, 4.69) is 13.8 Å². The average molecular weight is 277 g/mol. The van der Waals surface area contributed by atoms with Crippen molar-refractivity contribution in [3.05, 3.63) is 29.8 Å². The molecule has 0 atom stereocenters. The van der Waals surface area contributed by atoms with Crippen molar-refractivity contribution in [2.24, 2.45) is 11.1 Å². The van der Waals surface area contributed by atoms with Crippen LogP contribution in [0.15, 0.2) is 24.3 Å². The molecule has 0 heterocycles. The Morgan fingerprint density at radius 3 is 2.30 bits per heavy atom. The lowest BCUT2D eigenvalue weighted by atomic mass is 9.83. The van der Waals surface area contributed by atoms with Crippen LogP contribution in [0.25, 0.3) is 0 Å². The number of ketones is 1. The Balaban J connectivity index is 2.55. The van der Waals surface area contributed by atoms with E-state index in [1.54, 1.807) is 0 Å². The van der Waals surface area contributed by atoms with Gasteiger partial charge >= 0.3 is 0 Å². The minimum Gasteiger partial charge on any atom is -0.491 e. The molecule has 112 valence electrons. The molecule has 0 radical (unpaired) electrons. The third-order valence-corrected chi connectivity index (χ3v) is 3.40. The number of hydrogen-bond acceptors (Lipinski definition) is 3. The predicted molar refractivity (Wildman–Crippen MR) is 83.2 cm³/mol. The van der Waals surface area contributed by atoms with Crippen LogP contribution < -0.4 is 10.5 Å². The number of rotatable bonds is 8. The normalized spacial score (nSPS) is 11.7. The van der Waals surface area contributed by atoms with Crippen LogP contribution in [0.3, 0.4) is 0 Å². The molecular weight excluding hydrogens is 250 g/mol. The number of nitrogens with two attached hydrogens (primary N) is 1. The lowest BCUT2D eigenvalue weighted by Gasteiger charge is -2.23. The molecule has 0 unspecified atom stereocenters. The van der Waals surface area contributed by atoms with Crippen LogP contribution in [0.4, 0.5) is 0 Å². The number of Topliss-reactive ketones (excluding diaryl/α,β-unsaturated/α-hetero) is 1. The lowest BCUT2D eigenvalue weighted by molar-refractivity contribution is 0.0961. The standard InChI is InChI=1S/C17H27NO2/c1-13(2)20-15-7-5-14(6-8-15)16(19)9-10-17(3,4)11-12-18/h5-8,13H,9-12,18H2,1-4H3. The van der Waals surface area contributed by atoms with Gasteiger partial charge in [0.05, 0.1) is 6.10 Å². The zero-order valence-corrected chi connectivity index (χ0v) is 13.1. The third kappa shape index (κ3) is 5.74. The molecule has 0 fully saturated rings. The van der Waals surface area contributed by atoms with E-state index in [1.165, 1.54) is 0 Å². The fraction of sp³-hybridized carbons (Fsp3) is 0.588. The maximum atomic E-state index is 12.2. The summed E-state index contributed by atoms with van der Waals surface area (Å²) in [5.74, 6) is 0.992. The first-order valence-electron chi connectivity index (χ1n) is 7.34. The monoisotopic (exact) mass is 277 g/mol. The van der Waals surface area contributed by atoms with Crippen molar-refractivity contribution in [3.8, 4) is 5.75 Å². The fourth-order valence-corrected chi connectivity index (χ4v) is 2.10. The molecule has 20 heavy (non-hydrogen) atoms. The van der Waals surface area contributed by atoms with Gasteiger partial charge in [-0.25, -0.2) is 0 Å². The van der Waals surface area contributed by atoms with Crippen molar-refractivity contribution in [1.29, 1.82) is 0 Å². The van der Waals surface area contributed by atoms with E-state index in [-0.39, 0.29) is 17.3 Å². The quantitative estimate of drug-likeness (QED) is 0.735. The van der Waals surface area contributed by atoms with Gasteiger partial charge in [-0.3, -0.25) is 4.79 Å². The minimum absolute atomic E-state index is 0.130. The third-order valence-electron chi connectivity index (χ3n) is 3.40. The second kappa shape index (κ2) is 7.44. The Bertz CT molecular complexity index is 421. The van der Waals surface area contributed by atoms with Crippen LogP contribution in [0, 0.1) is 5.41 Å². The molecule has 0 amide bonds. The topological polar surface area (TPSA) is 52.3 Å². The van der Waals surface area contributed by atoms with Gasteiger partial charge in [-0.15, -0.1) is 0 Å². The van der Waals surface area contributed by atoms with Crippen LogP contribution in [0.5, 0.6) is 5.75 Å². The highest BCUT2D eigenvalue weighted by Gasteiger charge is 2.18. The molecular formula is C17H27NO2. The van der Waals surface area contributed by atoms with Crippen LogP contribution >= 0.6 is 0 Å². The van der Waals surface area contributed by atoms with Gasteiger partial charge in [-0.2, -0.15) is 0 Å². The first-order valence-corrected chi connectivity index (χ1v) is 7.34. The maximum absolute atomic E-state index is 12.2. The molecule has 1 aromatic rings. The van der Waals surface area contributed by atoms with E-state index >= 15 is 0 Å². The summed E-state index contributed by atoms with van der Waals surface area (Å²) in [5, 5.41) is 0. The van der Waals surface area contributed by atoms with Gasteiger partial charge in [0.25, 0.3) is 0 Å². The van der Waals surface area contributed by atoms with Crippen LogP contribution in [-0.2, 0) is 0 Å². The Morgan fingerprint density at radius 2 is 1.80 bits per heavy atom. The van der Waals surface area contributed by atoms with Gasteiger partial charge in [-0.05, 0) is 62.9 Å². The number of carbonyl (C=O) groups excluding carboxylic acids is 1. The summed E-state index contributed by atoms with van der Waals surface area (Å²) in [6.45, 7) is 8.96. The highest BCUT2D eigenvalue weighted by molar-refractivity contribution is 5.96. The van der Waals surface area contributed by atoms with E-state index in [4.69, 9.17) is 10.5 Å². The van der Waals surface area contributed by atoms with E-state index in [0.717, 1.165) is 24.2 Å². The first kappa shape index (κ1) is 16.7. The Morgan fingerprint density at radius 1 is 1.20 bits per heavy atom. The number of benzene rings is 1. The zero-order chi connectivity index (χ0) is 15.2. The second-order valence-electron chi connectivity index (χ2n) is 6.32. The van der Waals surface area contributed by atoms with Gasteiger partial charge in [0.2, 0.25) is 0 Å². The summed E-state index contributed by atoms with van der Waals surface area (Å²) in [5.41, 5.74) is 6.47. The Kier molecular flexibility index (Phi) is 6.21. The van der Waals surface area contributed by atoms with Crippen molar-refractivity contribution in [1.82, 2.24) is 0 Å². The van der Waals surface area contributed by atoms with E-state index < -0.39 is 0 Å². The van der Waals surface area contributed by atoms with E-state index in [0.29, 0.717) is 13.0 Å². The number of carbonyl (C=O) groups is 1. The molecule has 0 bridgehead atoms. The Hall–Kier alpha value is -1.35. The van der Waals surface area contributed by atoms with E-state index in [9.17, 15) is 4.79 Å². The summed E-state index contributed by atoms with van der Waals surface area (Å²) in [6.07, 6.45) is 2.53. The van der Waals surface area contributed by atoms with Gasteiger partial charge in [0.15, 0.2) is 5.78 Å². The van der Waals surface area contributed by atoms with Gasteiger partial charge < -0.3 is 10.5 Å². The summed E-state index contributed by atoms with van der Waals surface area (Å²) < 4.78 is 5.57. The largest absolute Gasteiger partial charge is 0.491 e. The van der Waals surface area contributed by atoms with Crippen molar-refractivity contribution in [2.45, 2.75) is 53.1 Å². The summed E-state index contributed by atoms with van der Waals surface area (Å²) in [4.78, 5) is 12.2. The summed E-state index contributed by atoms with van der Waals surface area (Å²) >= 11 is 0. The smallest absolute Gasteiger partial charge is 0.162 e. The van der Waals surface area contributed by atoms with Crippen molar-refractivity contribution >= 4 is 5.78 Å². The van der Waals surface area contributed by atoms with Crippen molar-refractivity contribution in [3.63, 3.8) is 0 Å². The first-order chi connectivity index (χ1) is 9.34. The molecule has 0 saturated carbocycles. The van der Waals surface area contributed by atoms with E-state index in [1.807, 2.05) is 38.1 Å². The molecule has 3 heteroatoms. The second-order valence-corrected chi connectivity index (χ2v) is 6.32. The molecule has 1 rings (SSSR count). The molecule has 0 aliphatic heterocycles. The molecule has 0 aliphatic rings. The van der Waals surface area contributed by atoms with Gasteiger partial charge in [0.1, 0.15) is 5.75 Å². The SMILES string of the molecule is CC(C)Oc1ccc(C(=O)CCC(C)(C)CCN)cc1. The molecule has 0 saturated heterocycles. The van der Waals surface area contributed by atoms with Crippen molar-refractivity contribution in [2.75, 3.05) is 6.54 Å². The van der Waals surface area contributed by atoms with Crippen LogP contribution in [0.1, 0.15) is 57.3 Å². The highest BCUT2D eigenvalue weighted by atomic mass is 16.5. The van der Waals surface area contributed by atoms with Gasteiger partial charge in [-0.1, -0.05) is 13.8 Å². The highest BCUT2D eigenvalue weighted by Crippen LogP contribution is 2.27. The summed E-state index contributed by atoms with van der Waals surface area (Å²) in [6, 6.07) is 7.41. The molecule has 0 aromatic heterocycles. The maximum Gasteiger partial charge on any atom is 0.162 e. The molecule has 1 aromatic carbocycles. The molecule has 2 N–H and O–H groups in total. The fourth-order valence-electron chi connectivity index (χ4n) is 2.10. The minimum atomic E-state index is 0.130. The summed E-state index contributed by atoms with van der Waals surface area (Å²) in [7, 11) is 0. The molecule has 0 spiro atoms. The van der Waals surface area contributed by atoms with Crippen molar-refractivity contribution < 1.29 is 9.53 Å². The zero-order valence-electron chi connectivity index (χ0n) is 13.1.